The molecule has 0 atom stereocenters. The monoisotopic (exact) mass is 568 g/mol. The normalized spacial score (nSPS) is 11.4. The van der Waals surface area contributed by atoms with Crippen LogP contribution in [-0.4, -0.2) is 66.9 Å². The van der Waals surface area contributed by atoms with E-state index < -0.39 is 6.10 Å². The van der Waals surface area contributed by atoms with Gasteiger partial charge in [0.1, 0.15) is 11.5 Å². The molecule has 9 heteroatoms. The average molecular weight is 569 g/mol. The van der Waals surface area contributed by atoms with Crippen molar-refractivity contribution in [3.05, 3.63) is 118 Å². The van der Waals surface area contributed by atoms with Gasteiger partial charge in [-0.2, -0.15) is 0 Å². The third kappa shape index (κ3) is 8.29. The number of pyridine rings is 2. The van der Waals surface area contributed by atoms with Crippen LogP contribution in [0, 0.1) is 13.8 Å². The first-order valence-electron chi connectivity index (χ1n) is 13.7. The molecule has 2 aromatic carbocycles. The minimum absolute atomic E-state index is 0.0752. The highest BCUT2D eigenvalue weighted by atomic mass is 16.3. The second kappa shape index (κ2) is 14.5. The van der Waals surface area contributed by atoms with E-state index in [1.54, 1.807) is 24.5 Å². The van der Waals surface area contributed by atoms with E-state index in [0.717, 1.165) is 22.5 Å². The zero-order valence-electron chi connectivity index (χ0n) is 23.8. The molecule has 2 heterocycles. The van der Waals surface area contributed by atoms with Gasteiger partial charge in [-0.05, 0) is 61.4 Å². The molecule has 0 amide bonds. The summed E-state index contributed by atoms with van der Waals surface area (Å²) in [5, 5.41) is 32.8. The molecule has 218 valence electrons. The van der Waals surface area contributed by atoms with Crippen molar-refractivity contribution >= 4 is 12.6 Å². The van der Waals surface area contributed by atoms with E-state index in [9.17, 15) is 24.9 Å². The maximum atomic E-state index is 11.5. The maximum Gasteiger partial charge on any atom is 0.153 e. The minimum atomic E-state index is -0.840. The molecular formula is C33H36N4O5. The molecule has 9 nitrogen and oxygen atoms in total. The van der Waals surface area contributed by atoms with Crippen molar-refractivity contribution in [1.82, 2.24) is 19.8 Å². The average Bonchev–Trinajstić information content (AvgIpc) is 2.97. The number of hydrogen-bond donors (Lipinski definition) is 3. The van der Waals surface area contributed by atoms with Gasteiger partial charge < -0.3 is 15.3 Å². The Morgan fingerprint density at radius 2 is 1.12 bits per heavy atom. The maximum absolute atomic E-state index is 11.5. The molecule has 3 N–H and O–H groups in total. The molecule has 42 heavy (non-hydrogen) atoms. The number of aliphatic hydroxyl groups excluding tert-OH is 1. The molecule has 0 radical (unpaired) electrons. The number of aryl methyl sites for hydroxylation is 2. The summed E-state index contributed by atoms with van der Waals surface area (Å²) >= 11 is 0. The van der Waals surface area contributed by atoms with Crippen molar-refractivity contribution in [1.29, 1.82) is 0 Å². The van der Waals surface area contributed by atoms with E-state index in [-0.39, 0.29) is 48.8 Å². The van der Waals surface area contributed by atoms with Gasteiger partial charge in [0.05, 0.1) is 28.6 Å². The summed E-state index contributed by atoms with van der Waals surface area (Å²) in [7, 11) is 0. The molecule has 0 bridgehead atoms. The van der Waals surface area contributed by atoms with E-state index in [0.29, 0.717) is 36.8 Å². The zero-order valence-corrected chi connectivity index (χ0v) is 23.8. The number of carbonyl (C=O) groups is 2. The fourth-order valence-electron chi connectivity index (χ4n) is 5.14. The summed E-state index contributed by atoms with van der Waals surface area (Å²) in [6.45, 7) is 5.57. The lowest BCUT2D eigenvalue weighted by Crippen LogP contribution is -2.40. The number of aromatic nitrogens is 2. The zero-order chi connectivity index (χ0) is 30.1. The second-order valence-corrected chi connectivity index (χ2v) is 10.6. The number of carbonyl (C=O) groups excluding carboxylic acids is 2. The summed E-state index contributed by atoms with van der Waals surface area (Å²) < 4.78 is 0. The topological polar surface area (TPSA) is 127 Å². The summed E-state index contributed by atoms with van der Waals surface area (Å²) in [6, 6.07) is 18.2. The molecule has 0 saturated carbocycles. The van der Waals surface area contributed by atoms with Crippen LogP contribution < -0.4 is 0 Å². The molecule has 0 fully saturated rings. The Kier molecular flexibility index (Phi) is 10.5. The number of rotatable bonds is 14. The van der Waals surface area contributed by atoms with Crippen LogP contribution in [0.25, 0.3) is 0 Å². The summed E-state index contributed by atoms with van der Waals surface area (Å²) in [4.78, 5) is 35.9. The van der Waals surface area contributed by atoms with Crippen molar-refractivity contribution < 1.29 is 24.9 Å². The molecule has 0 aliphatic heterocycles. The van der Waals surface area contributed by atoms with Crippen molar-refractivity contribution in [2.75, 3.05) is 13.1 Å². The first-order chi connectivity index (χ1) is 20.2. The smallest absolute Gasteiger partial charge is 0.153 e. The van der Waals surface area contributed by atoms with Gasteiger partial charge in [0, 0.05) is 62.8 Å². The minimum Gasteiger partial charge on any atom is -0.507 e. The summed E-state index contributed by atoms with van der Waals surface area (Å²) in [5.41, 5.74) is 4.88. The Hall–Kier alpha value is -4.44. The number of aromatic hydroxyl groups is 2. The first-order valence-corrected chi connectivity index (χ1v) is 13.7. The Morgan fingerprint density at radius 3 is 1.48 bits per heavy atom. The van der Waals surface area contributed by atoms with Crippen LogP contribution in [0.5, 0.6) is 11.5 Å². The van der Waals surface area contributed by atoms with Gasteiger partial charge in [-0.3, -0.25) is 29.4 Å². The predicted octanol–water partition coefficient (Wildman–Crippen LogP) is 4.20. The number of hydrogen-bond acceptors (Lipinski definition) is 9. The number of aliphatic hydroxyl groups is 1. The van der Waals surface area contributed by atoms with Crippen LogP contribution in [-0.2, 0) is 26.2 Å². The highest BCUT2D eigenvalue weighted by molar-refractivity contribution is 5.81. The standard InChI is InChI=1S/C33H36N4O5/c1-23-11-25(32(41)27(13-23)21-38)15-36(17-29-7-3-5-9-34-29)19-31(40)20-37(18-30-8-4-6-10-35-30)16-26-12-24(2)14-28(22-39)33(26)42/h3-14,21-22,31,40-42H,15-20H2,1-2H3. The van der Waals surface area contributed by atoms with E-state index in [1.165, 1.54) is 0 Å². The van der Waals surface area contributed by atoms with Gasteiger partial charge in [-0.25, -0.2) is 0 Å². The van der Waals surface area contributed by atoms with Crippen LogP contribution in [0.3, 0.4) is 0 Å². The lowest BCUT2D eigenvalue weighted by Gasteiger charge is -2.30. The van der Waals surface area contributed by atoms with E-state index in [1.807, 2.05) is 72.2 Å². The molecule has 4 aromatic rings. The molecule has 2 aromatic heterocycles. The highest BCUT2D eigenvalue weighted by Gasteiger charge is 2.21. The Balaban J connectivity index is 1.58. The van der Waals surface area contributed by atoms with Crippen molar-refractivity contribution in [3.8, 4) is 11.5 Å². The van der Waals surface area contributed by atoms with E-state index in [4.69, 9.17) is 0 Å². The third-order valence-corrected chi connectivity index (χ3v) is 6.93. The van der Waals surface area contributed by atoms with Crippen LogP contribution in [0.2, 0.25) is 0 Å². The van der Waals surface area contributed by atoms with Crippen molar-refractivity contribution in [3.63, 3.8) is 0 Å². The summed E-state index contributed by atoms with van der Waals surface area (Å²) in [5.74, 6) is -0.150. The lowest BCUT2D eigenvalue weighted by molar-refractivity contribution is 0.0617. The van der Waals surface area contributed by atoms with E-state index in [2.05, 4.69) is 9.97 Å². The SMILES string of the molecule is Cc1cc(C=O)c(O)c(CN(Cc2ccccn2)CC(O)CN(Cc2ccccn2)Cc2cc(C)cc(C=O)c2O)c1. The van der Waals surface area contributed by atoms with Gasteiger partial charge in [0.15, 0.2) is 12.6 Å². The second-order valence-electron chi connectivity index (χ2n) is 10.6. The predicted molar refractivity (Wildman–Crippen MR) is 159 cm³/mol. The number of benzene rings is 2. The van der Waals surface area contributed by atoms with Gasteiger partial charge in [0.25, 0.3) is 0 Å². The fourth-order valence-corrected chi connectivity index (χ4v) is 5.14. The molecule has 0 saturated heterocycles. The number of aldehydes is 2. The lowest BCUT2D eigenvalue weighted by atomic mass is 10.0. The van der Waals surface area contributed by atoms with E-state index >= 15 is 0 Å². The van der Waals surface area contributed by atoms with Gasteiger partial charge in [-0.15, -0.1) is 0 Å². The van der Waals surface area contributed by atoms with Crippen molar-refractivity contribution in [2.24, 2.45) is 0 Å². The van der Waals surface area contributed by atoms with Gasteiger partial charge >= 0.3 is 0 Å². The fraction of sp³-hybridized carbons (Fsp3) is 0.273. The Labute approximate surface area is 245 Å². The quantitative estimate of drug-likeness (QED) is 0.192. The van der Waals surface area contributed by atoms with Crippen molar-refractivity contribution in [2.45, 2.75) is 46.1 Å². The Bertz CT molecular complexity index is 1380. The Morgan fingerprint density at radius 1 is 0.690 bits per heavy atom. The molecule has 0 unspecified atom stereocenters. The van der Waals surface area contributed by atoms with Gasteiger partial charge in [0.2, 0.25) is 0 Å². The van der Waals surface area contributed by atoms with Gasteiger partial charge in [-0.1, -0.05) is 24.3 Å². The largest absolute Gasteiger partial charge is 0.507 e. The van der Waals surface area contributed by atoms with Crippen LogP contribution in [0.4, 0.5) is 0 Å². The molecular weight excluding hydrogens is 532 g/mol. The van der Waals surface area contributed by atoms with Crippen LogP contribution >= 0.6 is 0 Å². The number of nitrogens with zero attached hydrogens (tertiary/aromatic N) is 4. The van der Waals surface area contributed by atoms with Crippen LogP contribution in [0.1, 0.15) is 54.4 Å². The highest BCUT2D eigenvalue weighted by Crippen LogP contribution is 2.27. The number of phenolic OH excluding ortho intramolecular Hbond substituents is 2. The third-order valence-electron chi connectivity index (χ3n) is 6.93. The molecule has 0 aliphatic carbocycles. The molecule has 4 rings (SSSR count). The summed E-state index contributed by atoms with van der Waals surface area (Å²) in [6.07, 6.45) is 3.84. The van der Waals surface area contributed by atoms with Crippen LogP contribution in [0.15, 0.2) is 73.1 Å². The number of phenols is 2. The first kappa shape index (κ1) is 30.5. The molecule has 0 spiro atoms. The molecule has 0 aliphatic rings.